The van der Waals surface area contributed by atoms with Gasteiger partial charge in [-0.1, -0.05) is 26.7 Å². The second kappa shape index (κ2) is 7.26. The van der Waals surface area contributed by atoms with E-state index in [1.54, 1.807) is 0 Å². The van der Waals surface area contributed by atoms with Crippen LogP contribution in [-0.2, 0) is 9.53 Å². The Kier molecular flexibility index (Phi) is 5.36. The minimum Gasteiger partial charge on any atom is -0.452 e. The minimum atomic E-state index is -0.956. The number of carbonyl (C=O) groups excluding carboxylic acids is 2. The molecule has 3 atom stereocenters. The van der Waals surface area contributed by atoms with E-state index in [2.05, 4.69) is 24.1 Å². The van der Waals surface area contributed by atoms with Crippen LogP contribution in [0.4, 0.5) is 0 Å². The number of H-pyrrole nitrogens is 2. The summed E-state index contributed by atoms with van der Waals surface area (Å²) in [6.45, 7) is 3.79. The van der Waals surface area contributed by atoms with Crippen LogP contribution in [0.2, 0.25) is 0 Å². The van der Waals surface area contributed by atoms with Crippen molar-refractivity contribution >= 4 is 11.9 Å². The molecule has 8 nitrogen and oxygen atoms in total. The first-order valence-electron chi connectivity index (χ1n) is 7.67. The fourth-order valence-electron chi connectivity index (χ4n) is 2.80. The van der Waals surface area contributed by atoms with Crippen molar-refractivity contribution in [3.05, 3.63) is 32.6 Å². The Hall–Kier alpha value is -2.38. The van der Waals surface area contributed by atoms with Crippen molar-refractivity contribution in [3.8, 4) is 0 Å². The highest BCUT2D eigenvalue weighted by molar-refractivity contribution is 5.90. The Morgan fingerprint density at radius 2 is 2.04 bits per heavy atom. The predicted octanol–water partition coefficient (Wildman–Crippen LogP) is 0.161. The lowest BCUT2D eigenvalue weighted by Gasteiger charge is -2.34. The van der Waals surface area contributed by atoms with E-state index in [1.165, 1.54) is 0 Å². The first-order valence-corrected chi connectivity index (χ1v) is 7.67. The van der Waals surface area contributed by atoms with E-state index in [-0.39, 0.29) is 11.6 Å². The Morgan fingerprint density at radius 3 is 2.74 bits per heavy atom. The molecule has 0 aliphatic heterocycles. The molecule has 126 valence electrons. The van der Waals surface area contributed by atoms with E-state index in [0.717, 1.165) is 25.5 Å². The maximum absolute atomic E-state index is 11.9. The van der Waals surface area contributed by atoms with E-state index < -0.39 is 29.7 Å². The number of ether oxygens (including phenoxy) is 1. The third-order valence-electron chi connectivity index (χ3n) is 4.43. The van der Waals surface area contributed by atoms with Crippen LogP contribution in [0, 0.1) is 11.8 Å². The van der Waals surface area contributed by atoms with Crippen LogP contribution in [0.15, 0.2) is 15.8 Å². The van der Waals surface area contributed by atoms with Crippen LogP contribution in [0.25, 0.3) is 0 Å². The van der Waals surface area contributed by atoms with Crippen molar-refractivity contribution in [3.63, 3.8) is 0 Å². The van der Waals surface area contributed by atoms with Gasteiger partial charge in [-0.3, -0.25) is 14.6 Å². The van der Waals surface area contributed by atoms with Crippen LogP contribution in [0.1, 0.15) is 43.5 Å². The molecule has 1 saturated carbocycles. The summed E-state index contributed by atoms with van der Waals surface area (Å²) in [6, 6.07) is 0.0708. The summed E-state index contributed by atoms with van der Waals surface area (Å²) in [4.78, 5) is 50.1. The highest BCUT2D eigenvalue weighted by Gasteiger charge is 2.28. The van der Waals surface area contributed by atoms with E-state index in [9.17, 15) is 19.2 Å². The van der Waals surface area contributed by atoms with Crippen molar-refractivity contribution < 1.29 is 14.3 Å². The van der Waals surface area contributed by atoms with E-state index in [1.807, 2.05) is 4.98 Å². The van der Waals surface area contributed by atoms with Crippen LogP contribution in [0.5, 0.6) is 0 Å². The summed E-state index contributed by atoms with van der Waals surface area (Å²) in [5.41, 5.74) is -1.92. The zero-order valence-electron chi connectivity index (χ0n) is 13.2. The van der Waals surface area contributed by atoms with Crippen molar-refractivity contribution in [1.82, 2.24) is 15.3 Å². The molecular formula is C15H21N3O5. The average molecular weight is 323 g/mol. The summed E-state index contributed by atoms with van der Waals surface area (Å²) < 4.78 is 4.82. The molecule has 1 aliphatic rings. The van der Waals surface area contributed by atoms with E-state index in [0.29, 0.717) is 11.8 Å². The Bertz CT molecular complexity index is 693. The first-order chi connectivity index (χ1) is 10.9. The molecule has 1 heterocycles. The number of aromatic amines is 2. The van der Waals surface area contributed by atoms with Crippen molar-refractivity contribution in [2.24, 2.45) is 11.8 Å². The van der Waals surface area contributed by atoms with Crippen molar-refractivity contribution in [2.75, 3.05) is 6.61 Å². The molecule has 1 aliphatic carbocycles. The quantitative estimate of drug-likeness (QED) is 0.682. The van der Waals surface area contributed by atoms with Crippen LogP contribution in [0.3, 0.4) is 0 Å². The van der Waals surface area contributed by atoms with Crippen LogP contribution < -0.4 is 16.6 Å². The maximum Gasteiger partial charge on any atom is 0.345 e. The van der Waals surface area contributed by atoms with Gasteiger partial charge in [0.1, 0.15) is 5.56 Å². The van der Waals surface area contributed by atoms with Gasteiger partial charge in [-0.25, -0.2) is 9.59 Å². The van der Waals surface area contributed by atoms with Gasteiger partial charge in [0.2, 0.25) is 0 Å². The lowest BCUT2D eigenvalue weighted by molar-refractivity contribution is -0.125. The maximum atomic E-state index is 11.9. The molecule has 8 heteroatoms. The van der Waals surface area contributed by atoms with Gasteiger partial charge in [0, 0.05) is 12.2 Å². The Balaban J connectivity index is 1.87. The normalized spacial score (nSPS) is 24.0. The molecule has 0 unspecified atom stereocenters. The van der Waals surface area contributed by atoms with Gasteiger partial charge >= 0.3 is 11.7 Å². The SMILES string of the molecule is C[C@@H]1[C@H](C)CCC[C@H]1NC(=O)COC(=O)c1c[nH]c(=O)[nH]c1=O. The Morgan fingerprint density at radius 1 is 1.30 bits per heavy atom. The van der Waals surface area contributed by atoms with Crippen LogP contribution >= 0.6 is 0 Å². The number of carbonyl (C=O) groups is 2. The minimum absolute atomic E-state index is 0.0708. The zero-order chi connectivity index (χ0) is 17.0. The summed E-state index contributed by atoms with van der Waals surface area (Å²) in [7, 11) is 0. The van der Waals surface area contributed by atoms with Gasteiger partial charge in [-0.15, -0.1) is 0 Å². The molecule has 23 heavy (non-hydrogen) atoms. The molecule has 0 spiro atoms. The second-order valence-corrected chi connectivity index (χ2v) is 6.00. The van der Waals surface area contributed by atoms with E-state index in [4.69, 9.17) is 4.74 Å². The number of aromatic nitrogens is 2. The fraction of sp³-hybridized carbons (Fsp3) is 0.600. The number of rotatable bonds is 4. The van der Waals surface area contributed by atoms with Crippen molar-refractivity contribution in [2.45, 2.75) is 39.2 Å². The lowest BCUT2D eigenvalue weighted by Crippen LogP contribution is -2.45. The summed E-state index contributed by atoms with van der Waals surface area (Å²) in [5, 5.41) is 2.87. The molecular weight excluding hydrogens is 302 g/mol. The number of hydrogen-bond acceptors (Lipinski definition) is 5. The summed E-state index contributed by atoms with van der Waals surface area (Å²) in [5.74, 6) is -0.449. The van der Waals surface area contributed by atoms with Gasteiger partial charge in [0.15, 0.2) is 6.61 Å². The van der Waals surface area contributed by atoms with E-state index >= 15 is 0 Å². The van der Waals surface area contributed by atoms with Crippen LogP contribution in [-0.4, -0.2) is 34.5 Å². The smallest absolute Gasteiger partial charge is 0.345 e. The van der Waals surface area contributed by atoms with Crippen molar-refractivity contribution in [1.29, 1.82) is 0 Å². The van der Waals surface area contributed by atoms with Gasteiger partial charge < -0.3 is 15.0 Å². The summed E-state index contributed by atoms with van der Waals surface area (Å²) in [6.07, 6.45) is 4.08. The summed E-state index contributed by atoms with van der Waals surface area (Å²) >= 11 is 0. The molecule has 0 saturated heterocycles. The average Bonchev–Trinajstić information content (AvgIpc) is 2.49. The predicted molar refractivity (Wildman–Crippen MR) is 82.1 cm³/mol. The van der Waals surface area contributed by atoms with Gasteiger partial charge in [0.05, 0.1) is 0 Å². The monoisotopic (exact) mass is 323 g/mol. The fourth-order valence-corrected chi connectivity index (χ4v) is 2.80. The molecule has 0 radical (unpaired) electrons. The number of amides is 1. The third-order valence-corrected chi connectivity index (χ3v) is 4.43. The molecule has 0 bridgehead atoms. The second-order valence-electron chi connectivity index (χ2n) is 6.00. The highest BCUT2D eigenvalue weighted by atomic mass is 16.5. The molecule has 1 aromatic heterocycles. The number of nitrogens with one attached hydrogen (secondary N) is 3. The number of hydrogen-bond donors (Lipinski definition) is 3. The highest BCUT2D eigenvalue weighted by Crippen LogP contribution is 2.29. The molecule has 1 amide bonds. The van der Waals surface area contributed by atoms with Gasteiger partial charge in [-0.05, 0) is 18.3 Å². The third kappa shape index (κ3) is 4.30. The molecule has 1 aromatic rings. The van der Waals surface area contributed by atoms with Gasteiger partial charge in [0.25, 0.3) is 11.5 Å². The lowest BCUT2D eigenvalue weighted by atomic mass is 9.78. The van der Waals surface area contributed by atoms with Gasteiger partial charge in [-0.2, -0.15) is 0 Å². The zero-order valence-corrected chi connectivity index (χ0v) is 13.2. The molecule has 0 aromatic carbocycles. The molecule has 3 N–H and O–H groups in total. The standard InChI is InChI=1S/C15H21N3O5/c1-8-4-3-5-11(9(8)2)17-12(19)7-23-14(21)10-6-16-15(22)18-13(10)20/h6,8-9,11H,3-5,7H2,1-2H3,(H,17,19)(H2,16,18,20,22)/t8-,9-,11-/m1/s1. The first kappa shape index (κ1) is 17.0. The molecule has 2 rings (SSSR count). The largest absolute Gasteiger partial charge is 0.452 e. The molecule has 1 fully saturated rings. The topological polar surface area (TPSA) is 121 Å². The number of esters is 1. The Labute approximate surface area is 132 Å².